The number of ether oxygens (including phenoxy) is 1. The average Bonchev–Trinajstić information content (AvgIpc) is 2.59. The molecule has 0 unspecified atom stereocenters. The molecule has 2 nitrogen and oxygen atoms in total. The van der Waals surface area contributed by atoms with E-state index in [9.17, 15) is 9.18 Å². The molecule has 0 saturated heterocycles. The van der Waals surface area contributed by atoms with Crippen LogP contribution >= 0.6 is 11.3 Å². The Hall–Kier alpha value is -1.42. The molecule has 0 aliphatic carbocycles. The Morgan fingerprint density at radius 1 is 1.50 bits per heavy atom. The zero-order chi connectivity index (χ0) is 10.1. The molecule has 0 bridgehead atoms. The second-order valence-corrected chi connectivity index (χ2v) is 3.64. The van der Waals surface area contributed by atoms with Crippen LogP contribution in [0.15, 0.2) is 17.5 Å². The van der Waals surface area contributed by atoms with E-state index in [0.717, 1.165) is 0 Å². The minimum Gasteiger partial charge on any atom is -0.496 e. The highest BCUT2D eigenvalue weighted by atomic mass is 32.1. The Labute approximate surface area is 83.9 Å². The van der Waals surface area contributed by atoms with Crippen molar-refractivity contribution in [2.45, 2.75) is 0 Å². The highest BCUT2D eigenvalue weighted by Crippen LogP contribution is 2.32. The fourth-order valence-electron chi connectivity index (χ4n) is 1.36. The van der Waals surface area contributed by atoms with Gasteiger partial charge in [0.05, 0.1) is 17.4 Å². The third-order valence-electron chi connectivity index (χ3n) is 2.03. The van der Waals surface area contributed by atoms with Crippen LogP contribution in [-0.2, 0) is 0 Å². The molecule has 72 valence electrons. The van der Waals surface area contributed by atoms with Crippen LogP contribution in [0.1, 0.15) is 10.4 Å². The summed E-state index contributed by atoms with van der Waals surface area (Å²) in [6.45, 7) is 0. The van der Waals surface area contributed by atoms with Gasteiger partial charge in [-0.05, 0) is 12.1 Å². The number of thiophene rings is 1. The smallest absolute Gasteiger partial charge is 0.155 e. The van der Waals surface area contributed by atoms with Crippen LogP contribution < -0.4 is 4.74 Å². The highest BCUT2D eigenvalue weighted by Gasteiger charge is 2.11. The number of methoxy groups -OCH3 is 1. The standard InChI is InChI=1S/C10H7FO2S/c1-13-9-3-2-6-8(11)5-14-10(6)7(9)4-12/h2-5H,1H3. The lowest BCUT2D eigenvalue weighted by molar-refractivity contribution is 0.112. The van der Waals surface area contributed by atoms with Crippen molar-refractivity contribution in [2.75, 3.05) is 7.11 Å². The summed E-state index contributed by atoms with van der Waals surface area (Å²) in [4.78, 5) is 10.8. The van der Waals surface area contributed by atoms with E-state index in [4.69, 9.17) is 4.74 Å². The summed E-state index contributed by atoms with van der Waals surface area (Å²) in [6, 6.07) is 3.22. The van der Waals surface area contributed by atoms with Crippen LogP contribution in [0.2, 0.25) is 0 Å². The van der Waals surface area contributed by atoms with Gasteiger partial charge in [-0.25, -0.2) is 4.39 Å². The number of carbonyl (C=O) groups is 1. The first-order valence-electron chi connectivity index (χ1n) is 3.96. The number of hydrogen-bond donors (Lipinski definition) is 0. The molecule has 0 spiro atoms. The molecule has 1 heterocycles. The number of hydrogen-bond acceptors (Lipinski definition) is 3. The van der Waals surface area contributed by atoms with Crippen molar-refractivity contribution < 1.29 is 13.9 Å². The Kier molecular flexibility index (Phi) is 2.21. The van der Waals surface area contributed by atoms with Gasteiger partial charge in [-0.1, -0.05) is 0 Å². The molecule has 0 saturated carbocycles. The van der Waals surface area contributed by atoms with Crippen LogP contribution in [-0.4, -0.2) is 13.4 Å². The largest absolute Gasteiger partial charge is 0.496 e. The molecule has 14 heavy (non-hydrogen) atoms. The second kappa shape index (κ2) is 3.38. The van der Waals surface area contributed by atoms with Gasteiger partial charge in [0.15, 0.2) is 6.29 Å². The third-order valence-corrected chi connectivity index (χ3v) is 3.03. The van der Waals surface area contributed by atoms with Gasteiger partial charge in [-0.2, -0.15) is 0 Å². The van der Waals surface area contributed by atoms with Crippen molar-refractivity contribution in [1.82, 2.24) is 0 Å². The Morgan fingerprint density at radius 3 is 2.93 bits per heavy atom. The van der Waals surface area contributed by atoms with Crippen molar-refractivity contribution in [3.8, 4) is 5.75 Å². The van der Waals surface area contributed by atoms with Crippen LogP contribution in [0.5, 0.6) is 5.75 Å². The maximum atomic E-state index is 13.2. The molecule has 0 fully saturated rings. The predicted octanol–water partition coefficient (Wildman–Crippen LogP) is 2.86. The van der Waals surface area contributed by atoms with Gasteiger partial charge < -0.3 is 4.74 Å². The average molecular weight is 210 g/mol. The number of aldehydes is 1. The zero-order valence-electron chi connectivity index (χ0n) is 7.41. The summed E-state index contributed by atoms with van der Waals surface area (Å²) in [5, 5.41) is 1.86. The van der Waals surface area contributed by atoms with Gasteiger partial charge in [-0.3, -0.25) is 4.79 Å². The molecule has 2 aromatic rings. The number of carbonyl (C=O) groups excluding carboxylic acids is 1. The summed E-state index contributed by atoms with van der Waals surface area (Å²) >= 11 is 1.21. The highest BCUT2D eigenvalue weighted by molar-refractivity contribution is 7.17. The van der Waals surface area contributed by atoms with E-state index in [1.165, 1.54) is 23.8 Å². The van der Waals surface area contributed by atoms with Gasteiger partial charge in [-0.15, -0.1) is 11.3 Å². The normalized spacial score (nSPS) is 10.4. The molecular formula is C10H7FO2S. The molecule has 0 amide bonds. The molecule has 2 rings (SSSR count). The van der Waals surface area contributed by atoms with Gasteiger partial charge in [0, 0.05) is 10.8 Å². The van der Waals surface area contributed by atoms with E-state index in [2.05, 4.69) is 0 Å². The van der Waals surface area contributed by atoms with E-state index in [1.54, 1.807) is 12.1 Å². The topological polar surface area (TPSA) is 26.3 Å². The molecular weight excluding hydrogens is 203 g/mol. The minimum atomic E-state index is -0.296. The fraction of sp³-hybridized carbons (Fsp3) is 0.100. The maximum Gasteiger partial charge on any atom is 0.155 e. The first kappa shape index (κ1) is 9.15. The molecule has 0 radical (unpaired) electrons. The molecule has 0 aliphatic rings. The molecule has 4 heteroatoms. The quantitative estimate of drug-likeness (QED) is 0.712. The lowest BCUT2D eigenvalue weighted by Gasteiger charge is -2.03. The van der Waals surface area contributed by atoms with Crippen molar-refractivity contribution in [2.24, 2.45) is 0 Å². The molecule has 1 aromatic carbocycles. The van der Waals surface area contributed by atoms with Gasteiger partial charge >= 0.3 is 0 Å². The zero-order valence-corrected chi connectivity index (χ0v) is 8.23. The lowest BCUT2D eigenvalue weighted by Crippen LogP contribution is -1.90. The SMILES string of the molecule is COc1ccc2c(F)csc2c1C=O. The lowest BCUT2D eigenvalue weighted by atomic mass is 10.1. The van der Waals surface area contributed by atoms with Crippen molar-refractivity contribution in [3.63, 3.8) is 0 Å². The fourth-order valence-corrected chi connectivity index (χ4v) is 2.28. The summed E-state index contributed by atoms with van der Waals surface area (Å²) < 4.78 is 18.8. The van der Waals surface area contributed by atoms with Gasteiger partial charge in [0.1, 0.15) is 11.6 Å². The monoisotopic (exact) mass is 210 g/mol. The molecule has 1 aromatic heterocycles. The van der Waals surface area contributed by atoms with Crippen molar-refractivity contribution >= 4 is 27.7 Å². The van der Waals surface area contributed by atoms with Crippen LogP contribution in [0, 0.1) is 5.82 Å². The van der Waals surface area contributed by atoms with Crippen molar-refractivity contribution in [1.29, 1.82) is 0 Å². The Balaban J connectivity index is 2.84. The van der Waals surface area contributed by atoms with E-state index in [-0.39, 0.29) is 5.82 Å². The Bertz CT molecular complexity index is 490. The molecule has 0 atom stereocenters. The summed E-state index contributed by atoms with van der Waals surface area (Å²) in [6.07, 6.45) is 0.692. The first-order valence-corrected chi connectivity index (χ1v) is 4.84. The molecule has 0 aliphatic heterocycles. The minimum absolute atomic E-state index is 0.296. The number of fused-ring (bicyclic) bond motifs is 1. The Morgan fingerprint density at radius 2 is 2.29 bits per heavy atom. The number of benzene rings is 1. The summed E-state index contributed by atoms with van der Waals surface area (Å²) in [5.41, 5.74) is 0.416. The maximum absolute atomic E-state index is 13.2. The summed E-state index contributed by atoms with van der Waals surface area (Å²) in [7, 11) is 1.48. The van der Waals surface area contributed by atoms with E-state index >= 15 is 0 Å². The molecule has 0 N–H and O–H groups in total. The first-order chi connectivity index (χ1) is 6.77. The van der Waals surface area contributed by atoms with Crippen molar-refractivity contribution in [3.05, 3.63) is 28.9 Å². The summed E-state index contributed by atoms with van der Waals surface area (Å²) in [5.74, 6) is 0.185. The van der Waals surface area contributed by atoms with E-state index < -0.39 is 0 Å². The van der Waals surface area contributed by atoms with Crippen LogP contribution in [0.3, 0.4) is 0 Å². The number of rotatable bonds is 2. The third kappa shape index (κ3) is 1.19. The van der Waals surface area contributed by atoms with E-state index in [0.29, 0.717) is 27.7 Å². The van der Waals surface area contributed by atoms with E-state index in [1.807, 2.05) is 0 Å². The van der Waals surface area contributed by atoms with Gasteiger partial charge in [0.25, 0.3) is 0 Å². The predicted molar refractivity (Wildman–Crippen MR) is 53.7 cm³/mol. The van der Waals surface area contributed by atoms with Gasteiger partial charge in [0.2, 0.25) is 0 Å². The number of halogens is 1. The van der Waals surface area contributed by atoms with Crippen LogP contribution in [0.4, 0.5) is 4.39 Å². The second-order valence-electron chi connectivity index (χ2n) is 2.76. The van der Waals surface area contributed by atoms with Crippen LogP contribution in [0.25, 0.3) is 10.1 Å².